The second-order valence-corrected chi connectivity index (χ2v) is 5.22. The van der Waals surface area contributed by atoms with Crippen LogP contribution >= 0.6 is 0 Å². The van der Waals surface area contributed by atoms with Crippen molar-refractivity contribution in [1.82, 2.24) is 15.0 Å². The van der Waals surface area contributed by atoms with Gasteiger partial charge in [0.2, 0.25) is 0 Å². The lowest BCUT2D eigenvalue weighted by atomic mass is 10.1. The molecule has 2 N–H and O–H groups in total. The Hall–Kier alpha value is -3.28. The first-order valence-electron chi connectivity index (χ1n) is 7.54. The minimum Gasteiger partial charge on any atom is -0.364 e. The van der Waals surface area contributed by atoms with E-state index in [0.717, 1.165) is 11.4 Å². The van der Waals surface area contributed by atoms with Crippen LogP contribution in [-0.4, -0.2) is 20.7 Å². The van der Waals surface area contributed by atoms with Crippen LogP contribution in [0, 0.1) is 0 Å². The number of anilines is 3. The van der Waals surface area contributed by atoms with Crippen molar-refractivity contribution in [2.24, 2.45) is 0 Å². The van der Waals surface area contributed by atoms with Crippen LogP contribution in [0.3, 0.4) is 0 Å². The fraction of sp³-hybridized carbons (Fsp3) is 0.111. The zero-order chi connectivity index (χ0) is 16.8. The summed E-state index contributed by atoms with van der Waals surface area (Å²) < 4.78 is 0. The highest BCUT2D eigenvalue weighted by atomic mass is 16.1. The zero-order valence-electron chi connectivity index (χ0n) is 13.2. The van der Waals surface area contributed by atoms with E-state index in [1.54, 1.807) is 25.3 Å². The van der Waals surface area contributed by atoms with Gasteiger partial charge in [-0.2, -0.15) is 0 Å². The zero-order valence-corrected chi connectivity index (χ0v) is 13.2. The summed E-state index contributed by atoms with van der Waals surface area (Å²) >= 11 is 0. The molecule has 6 nitrogen and oxygen atoms in total. The molecule has 2 heterocycles. The molecule has 6 heteroatoms. The molecule has 0 spiro atoms. The molecule has 2 aromatic heterocycles. The number of hydrogen-bond donors (Lipinski definition) is 2. The average Bonchev–Trinajstić information content (AvgIpc) is 2.62. The summed E-state index contributed by atoms with van der Waals surface area (Å²) in [6.07, 6.45) is 3.25. The molecule has 3 rings (SSSR count). The first-order valence-corrected chi connectivity index (χ1v) is 7.54. The van der Waals surface area contributed by atoms with Gasteiger partial charge in [0.25, 0.3) is 0 Å². The van der Waals surface area contributed by atoms with E-state index in [4.69, 9.17) is 0 Å². The number of carbonyl (C=O) groups excluding carboxylic acids is 1. The molecule has 0 amide bonds. The minimum atomic E-state index is 0.0459. The van der Waals surface area contributed by atoms with Crippen LogP contribution in [0.2, 0.25) is 0 Å². The predicted octanol–water partition coefficient (Wildman–Crippen LogP) is 3.43. The van der Waals surface area contributed by atoms with Gasteiger partial charge in [0.15, 0.2) is 5.78 Å². The quantitative estimate of drug-likeness (QED) is 0.678. The standard InChI is InChI=1S/C18H17N5O/c1-13(24)14-5-7-15(8-6-14)23-18-10-17(21-12-22-18)20-11-16-4-2-3-9-19-16/h2-10,12H,11H2,1H3,(H2,20,21,22,23). The van der Waals surface area contributed by atoms with Gasteiger partial charge >= 0.3 is 0 Å². The van der Waals surface area contributed by atoms with E-state index >= 15 is 0 Å². The summed E-state index contributed by atoms with van der Waals surface area (Å²) in [5, 5.41) is 6.40. The van der Waals surface area contributed by atoms with E-state index in [-0.39, 0.29) is 5.78 Å². The van der Waals surface area contributed by atoms with Crippen molar-refractivity contribution in [1.29, 1.82) is 0 Å². The fourth-order valence-electron chi connectivity index (χ4n) is 2.14. The normalized spacial score (nSPS) is 10.2. The molecule has 0 fully saturated rings. The van der Waals surface area contributed by atoms with Crippen molar-refractivity contribution in [2.45, 2.75) is 13.5 Å². The van der Waals surface area contributed by atoms with Gasteiger partial charge in [-0.25, -0.2) is 9.97 Å². The number of nitrogens with one attached hydrogen (secondary N) is 2. The van der Waals surface area contributed by atoms with Crippen molar-refractivity contribution in [3.8, 4) is 0 Å². The van der Waals surface area contributed by atoms with Gasteiger partial charge in [0.1, 0.15) is 18.0 Å². The largest absolute Gasteiger partial charge is 0.364 e. The van der Waals surface area contributed by atoms with E-state index in [2.05, 4.69) is 25.6 Å². The van der Waals surface area contributed by atoms with Gasteiger partial charge in [0, 0.05) is 23.5 Å². The lowest BCUT2D eigenvalue weighted by molar-refractivity contribution is 0.101. The molecular weight excluding hydrogens is 302 g/mol. The Balaban J connectivity index is 1.65. The monoisotopic (exact) mass is 319 g/mol. The molecule has 120 valence electrons. The number of aromatic nitrogens is 3. The topological polar surface area (TPSA) is 79.8 Å². The highest BCUT2D eigenvalue weighted by Gasteiger charge is 2.02. The van der Waals surface area contributed by atoms with Crippen LogP contribution in [0.1, 0.15) is 23.0 Å². The Bertz CT molecular complexity index is 818. The SMILES string of the molecule is CC(=O)c1ccc(Nc2cc(NCc3ccccn3)ncn2)cc1. The summed E-state index contributed by atoms with van der Waals surface area (Å²) in [4.78, 5) is 24.0. The number of nitrogens with zero attached hydrogens (tertiary/aromatic N) is 3. The highest BCUT2D eigenvalue weighted by Crippen LogP contribution is 2.17. The van der Waals surface area contributed by atoms with E-state index < -0.39 is 0 Å². The lowest BCUT2D eigenvalue weighted by Crippen LogP contribution is -2.04. The van der Waals surface area contributed by atoms with Crippen molar-refractivity contribution >= 4 is 23.1 Å². The van der Waals surface area contributed by atoms with Crippen molar-refractivity contribution in [2.75, 3.05) is 10.6 Å². The van der Waals surface area contributed by atoms with Gasteiger partial charge in [0.05, 0.1) is 12.2 Å². The Morgan fingerprint density at radius 2 is 1.79 bits per heavy atom. The third-order valence-electron chi connectivity index (χ3n) is 3.41. The molecular formula is C18H17N5O. The van der Waals surface area contributed by atoms with Gasteiger partial charge in [-0.3, -0.25) is 9.78 Å². The van der Waals surface area contributed by atoms with E-state index in [1.807, 2.05) is 36.4 Å². The molecule has 0 bridgehead atoms. The molecule has 0 radical (unpaired) electrons. The predicted molar refractivity (Wildman–Crippen MR) is 93.3 cm³/mol. The maximum Gasteiger partial charge on any atom is 0.159 e. The van der Waals surface area contributed by atoms with Gasteiger partial charge < -0.3 is 10.6 Å². The Labute approximate surface area is 140 Å². The van der Waals surface area contributed by atoms with Gasteiger partial charge in [-0.15, -0.1) is 0 Å². The van der Waals surface area contributed by atoms with Crippen molar-refractivity contribution in [3.63, 3.8) is 0 Å². The summed E-state index contributed by atoms with van der Waals surface area (Å²) in [5.41, 5.74) is 2.47. The molecule has 0 atom stereocenters. The molecule has 0 saturated heterocycles. The van der Waals surface area contributed by atoms with Crippen LogP contribution in [0.15, 0.2) is 61.1 Å². The van der Waals surface area contributed by atoms with Crippen molar-refractivity contribution < 1.29 is 4.79 Å². The van der Waals surface area contributed by atoms with E-state index in [9.17, 15) is 4.79 Å². The summed E-state index contributed by atoms with van der Waals surface area (Å²) in [5.74, 6) is 1.42. The number of Topliss-reactive ketones (excluding diaryl/α,β-unsaturated/α-hetero) is 1. The number of hydrogen-bond acceptors (Lipinski definition) is 6. The average molecular weight is 319 g/mol. The van der Waals surface area contributed by atoms with Crippen LogP contribution in [0.4, 0.5) is 17.3 Å². The Kier molecular flexibility index (Phi) is 4.76. The van der Waals surface area contributed by atoms with E-state index in [0.29, 0.717) is 23.7 Å². The molecule has 24 heavy (non-hydrogen) atoms. The third-order valence-corrected chi connectivity index (χ3v) is 3.41. The van der Waals surface area contributed by atoms with E-state index in [1.165, 1.54) is 6.33 Å². The Morgan fingerprint density at radius 1 is 1.00 bits per heavy atom. The number of pyridine rings is 1. The molecule has 0 aliphatic heterocycles. The number of rotatable bonds is 6. The Morgan fingerprint density at radius 3 is 2.50 bits per heavy atom. The molecule has 0 aliphatic rings. The molecule has 0 aliphatic carbocycles. The number of carbonyl (C=O) groups is 1. The van der Waals surface area contributed by atoms with Crippen LogP contribution in [0.25, 0.3) is 0 Å². The summed E-state index contributed by atoms with van der Waals surface area (Å²) in [6.45, 7) is 2.14. The smallest absolute Gasteiger partial charge is 0.159 e. The number of benzene rings is 1. The van der Waals surface area contributed by atoms with Gasteiger partial charge in [-0.05, 0) is 43.3 Å². The lowest BCUT2D eigenvalue weighted by Gasteiger charge is -2.09. The fourth-order valence-corrected chi connectivity index (χ4v) is 2.14. The second kappa shape index (κ2) is 7.32. The summed E-state index contributed by atoms with van der Waals surface area (Å²) in [7, 11) is 0. The van der Waals surface area contributed by atoms with Crippen LogP contribution < -0.4 is 10.6 Å². The number of ketones is 1. The van der Waals surface area contributed by atoms with Crippen molar-refractivity contribution in [3.05, 3.63) is 72.3 Å². The maximum atomic E-state index is 11.3. The first kappa shape index (κ1) is 15.6. The molecule has 1 aromatic carbocycles. The highest BCUT2D eigenvalue weighted by molar-refractivity contribution is 5.94. The van der Waals surface area contributed by atoms with Gasteiger partial charge in [-0.1, -0.05) is 6.07 Å². The minimum absolute atomic E-state index is 0.0459. The maximum absolute atomic E-state index is 11.3. The van der Waals surface area contributed by atoms with Crippen LogP contribution in [-0.2, 0) is 6.54 Å². The third kappa shape index (κ3) is 4.13. The molecule has 0 saturated carbocycles. The molecule has 3 aromatic rings. The summed E-state index contributed by atoms with van der Waals surface area (Å²) in [6, 6.07) is 14.9. The second-order valence-electron chi connectivity index (χ2n) is 5.22. The first-order chi connectivity index (χ1) is 11.7. The van der Waals surface area contributed by atoms with Crippen LogP contribution in [0.5, 0.6) is 0 Å². The molecule has 0 unspecified atom stereocenters.